The molecule has 1 aromatic carbocycles. The molecule has 0 saturated carbocycles. The van der Waals surface area contributed by atoms with Crippen molar-refractivity contribution >= 4 is 5.69 Å². The Labute approximate surface area is 104 Å². The highest BCUT2D eigenvalue weighted by Gasteiger charge is 2.26. The van der Waals surface area contributed by atoms with Gasteiger partial charge in [0.25, 0.3) is 0 Å². The van der Waals surface area contributed by atoms with Gasteiger partial charge in [0.05, 0.1) is 11.3 Å². The topological polar surface area (TPSA) is 27.0 Å². The Morgan fingerprint density at radius 1 is 1.41 bits per heavy atom. The van der Waals surface area contributed by atoms with Crippen molar-refractivity contribution in [3.63, 3.8) is 0 Å². The standard InChI is InChI=1S/C15H20N2/c1-11(2)13-6-7-17(10-13)15-5-4-12(3)8-14(15)9-16/h4-5,8,11,13H,6-7,10H2,1-3H3. The van der Waals surface area contributed by atoms with Gasteiger partial charge in [-0.2, -0.15) is 5.26 Å². The van der Waals surface area contributed by atoms with E-state index in [2.05, 4.69) is 36.9 Å². The predicted octanol–water partition coefficient (Wildman–Crippen LogP) is 3.35. The van der Waals surface area contributed by atoms with Crippen LogP contribution in [0.3, 0.4) is 0 Å². The lowest BCUT2D eigenvalue weighted by molar-refractivity contribution is 0.423. The molecule has 2 rings (SSSR count). The van der Waals surface area contributed by atoms with Gasteiger partial charge < -0.3 is 4.90 Å². The first-order valence-corrected chi connectivity index (χ1v) is 6.37. The molecule has 2 nitrogen and oxygen atoms in total. The molecule has 1 saturated heterocycles. The summed E-state index contributed by atoms with van der Waals surface area (Å²) in [5, 5.41) is 9.20. The van der Waals surface area contributed by atoms with Gasteiger partial charge in [-0.05, 0) is 42.9 Å². The second kappa shape index (κ2) is 4.79. The molecule has 0 radical (unpaired) electrons. The van der Waals surface area contributed by atoms with Gasteiger partial charge in [0.15, 0.2) is 0 Å². The molecule has 1 atom stereocenters. The molecule has 2 heteroatoms. The fraction of sp³-hybridized carbons (Fsp3) is 0.533. The Kier molecular flexibility index (Phi) is 3.38. The van der Waals surface area contributed by atoms with Gasteiger partial charge in [0.1, 0.15) is 6.07 Å². The summed E-state index contributed by atoms with van der Waals surface area (Å²) < 4.78 is 0. The van der Waals surface area contributed by atoms with Crippen LogP contribution in [-0.4, -0.2) is 13.1 Å². The summed E-state index contributed by atoms with van der Waals surface area (Å²) in [6.45, 7) is 8.78. The number of aryl methyl sites for hydroxylation is 1. The van der Waals surface area contributed by atoms with Gasteiger partial charge in [0, 0.05) is 13.1 Å². The van der Waals surface area contributed by atoms with Crippen LogP contribution in [0.2, 0.25) is 0 Å². The smallest absolute Gasteiger partial charge is 0.101 e. The quantitative estimate of drug-likeness (QED) is 0.776. The summed E-state index contributed by atoms with van der Waals surface area (Å²) in [4.78, 5) is 2.36. The minimum Gasteiger partial charge on any atom is -0.370 e. The molecule has 1 aromatic rings. The second-order valence-electron chi connectivity index (χ2n) is 5.37. The third kappa shape index (κ3) is 2.44. The number of benzene rings is 1. The molecule has 0 aromatic heterocycles. The molecule has 1 aliphatic rings. The zero-order valence-electron chi connectivity index (χ0n) is 10.9. The average molecular weight is 228 g/mol. The van der Waals surface area contributed by atoms with E-state index in [-0.39, 0.29) is 0 Å². The molecule has 0 aliphatic carbocycles. The lowest BCUT2D eigenvalue weighted by atomic mass is 9.95. The van der Waals surface area contributed by atoms with Crippen molar-refractivity contribution in [2.75, 3.05) is 18.0 Å². The highest BCUT2D eigenvalue weighted by molar-refractivity contribution is 5.60. The van der Waals surface area contributed by atoms with Gasteiger partial charge in [0.2, 0.25) is 0 Å². The van der Waals surface area contributed by atoms with Crippen LogP contribution in [0.15, 0.2) is 18.2 Å². The minimum atomic E-state index is 0.732. The number of hydrogen-bond acceptors (Lipinski definition) is 2. The molecule has 1 fully saturated rings. The predicted molar refractivity (Wildman–Crippen MR) is 71.1 cm³/mol. The second-order valence-corrected chi connectivity index (χ2v) is 5.37. The summed E-state index contributed by atoms with van der Waals surface area (Å²) >= 11 is 0. The number of hydrogen-bond donors (Lipinski definition) is 0. The molecule has 90 valence electrons. The maximum atomic E-state index is 9.20. The van der Waals surface area contributed by atoms with E-state index < -0.39 is 0 Å². The van der Waals surface area contributed by atoms with Gasteiger partial charge in [-0.25, -0.2) is 0 Å². The molecule has 0 N–H and O–H groups in total. The van der Waals surface area contributed by atoms with Gasteiger partial charge in [-0.1, -0.05) is 19.9 Å². The van der Waals surface area contributed by atoms with Gasteiger partial charge in [-0.15, -0.1) is 0 Å². The van der Waals surface area contributed by atoms with Crippen molar-refractivity contribution in [1.29, 1.82) is 5.26 Å². The summed E-state index contributed by atoms with van der Waals surface area (Å²) in [6.07, 6.45) is 1.25. The average Bonchev–Trinajstić information content (AvgIpc) is 2.78. The zero-order valence-corrected chi connectivity index (χ0v) is 10.9. The Morgan fingerprint density at radius 3 is 2.76 bits per heavy atom. The van der Waals surface area contributed by atoms with E-state index in [1.54, 1.807) is 0 Å². The molecular formula is C15H20N2. The van der Waals surface area contributed by atoms with Crippen molar-refractivity contribution in [1.82, 2.24) is 0 Å². The van der Waals surface area contributed by atoms with Crippen LogP contribution in [0, 0.1) is 30.1 Å². The first kappa shape index (κ1) is 12.0. The highest BCUT2D eigenvalue weighted by atomic mass is 15.2. The molecule has 0 spiro atoms. The molecular weight excluding hydrogens is 208 g/mol. The third-order valence-corrected chi connectivity index (χ3v) is 3.78. The molecule has 0 bridgehead atoms. The van der Waals surface area contributed by atoms with Crippen molar-refractivity contribution in [3.05, 3.63) is 29.3 Å². The minimum absolute atomic E-state index is 0.732. The highest BCUT2D eigenvalue weighted by Crippen LogP contribution is 2.30. The van der Waals surface area contributed by atoms with Crippen LogP contribution in [0.5, 0.6) is 0 Å². The van der Waals surface area contributed by atoms with Crippen LogP contribution >= 0.6 is 0 Å². The molecule has 1 heterocycles. The normalized spacial score (nSPS) is 19.7. The van der Waals surface area contributed by atoms with Crippen molar-refractivity contribution in [2.45, 2.75) is 27.2 Å². The van der Waals surface area contributed by atoms with Crippen LogP contribution in [-0.2, 0) is 0 Å². The number of nitriles is 1. The Bertz CT molecular complexity index is 443. The van der Waals surface area contributed by atoms with Crippen LogP contribution < -0.4 is 4.90 Å². The lowest BCUT2D eigenvalue weighted by Gasteiger charge is -2.21. The van der Waals surface area contributed by atoms with Gasteiger partial charge in [-0.3, -0.25) is 0 Å². The van der Waals surface area contributed by atoms with Crippen molar-refractivity contribution in [2.24, 2.45) is 11.8 Å². The van der Waals surface area contributed by atoms with E-state index in [1.165, 1.54) is 6.42 Å². The Balaban J connectivity index is 2.22. The maximum Gasteiger partial charge on any atom is 0.101 e. The summed E-state index contributed by atoms with van der Waals surface area (Å²) in [6, 6.07) is 8.49. The van der Waals surface area contributed by atoms with E-state index in [0.29, 0.717) is 0 Å². The first-order valence-electron chi connectivity index (χ1n) is 6.37. The third-order valence-electron chi connectivity index (χ3n) is 3.78. The van der Waals surface area contributed by atoms with Crippen LogP contribution in [0.4, 0.5) is 5.69 Å². The number of nitrogens with zero attached hydrogens (tertiary/aromatic N) is 2. The Morgan fingerprint density at radius 2 is 2.18 bits per heavy atom. The van der Waals surface area contributed by atoms with Crippen molar-refractivity contribution < 1.29 is 0 Å². The fourth-order valence-electron chi connectivity index (χ4n) is 2.57. The Hall–Kier alpha value is -1.49. The molecule has 1 unspecified atom stereocenters. The molecule has 17 heavy (non-hydrogen) atoms. The van der Waals surface area contributed by atoms with E-state index in [9.17, 15) is 5.26 Å². The summed E-state index contributed by atoms with van der Waals surface area (Å²) in [5.74, 6) is 1.50. The lowest BCUT2D eigenvalue weighted by Crippen LogP contribution is -2.22. The fourth-order valence-corrected chi connectivity index (χ4v) is 2.57. The van der Waals surface area contributed by atoms with E-state index >= 15 is 0 Å². The van der Waals surface area contributed by atoms with E-state index in [1.807, 2.05) is 13.0 Å². The maximum absolute atomic E-state index is 9.20. The summed E-state index contributed by atoms with van der Waals surface area (Å²) in [5.41, 5.74) is 3.08. The summed E-state index contributed by atoms with van der Waals surface area (Å²) in [7, 11) is 0. The molecule has 1 aliphatic heterocycles. The van der Waals surface area contributed by atoms with Crippen LogP contribution in [0.1, 0.15) is 31.4 Å². The SMILES string of the molecule is Cc1ccc(N2CCC(C(C)C)C2)c(C#N)c1. The molecule has 0 amide bonds. The monoisotopic (exact) mass is 228 g/mol. The van der Waals surface area contributed by atoms with Crippen molar-refractivity contribution in [3.8, 4) is 6.07 Å². The largest absolute Gasteiger partial charge is 0.370 e. The first-order chi connectivity index (χ1) is 8.11. The zero-order chi connectivity index (χ0) is 12.4. The van der Waals surface area contributed by atoms with E-state index in [0.717, 1.165) is 41.7 Å². The van der Waals surface area contributed by atoms with E-state index in [4.69, 9.17) is 0 Å². The van der Waals surface area contributed by atoms with Gasteiger partial charge >= 0.3 is 0 Å². The van der Waals surface area contributed by atoms with Crippen LogP contribution in [0.25, 0.3) is 0 Å². The number of rotatable bonds is 2. The number of anilines is 1.